The molecule has 0 aliphatic carbocycles. The van der Waals surface area contributed by atoms with Gasteiger partial charge in [0.05, 0.1) is 5.71 Å². The predicted octanol–water partition coefficient (Wildman–Crippen LogP) is 5.55. The van der Waals surface area contributed by atoms with Crippen LogP contribution < -0.4 is 0 Å². The van der Waals surface area contributed by atoms with Crippen LogP contribution in [-0.2, 0) is 16.1 Å². The Bertz CT molecular complexity index is 955. The van der Waals surface area contributed by atoms with E-state index in [0.29, 0.717) is 10.6 Å². The molecule has 0 saturated carbocycles. The van der Waals surface area contributed by atoms with Crippen LogP contribution in [-0.4, -0.2) is 30.0 Å². The number of hydrogen-bond donors (Lipinski definition) is 0. The standard InChI is InChI=1S/C19H13Cl2F4N2O2/c20-14-5-13(6-15(21)7-14)18(19(23,24)25)8-16(26-29-18)11-1-3-12(4-2-11)17(22)9-27(28)10-17/h1-7H,8-10H2/q-1. The average molecular weight is 448 g/mol. The van der Waals surface area contributed by atoms with Crippen LogP contribution in [0.4, 0.5) is 17.6 Å². The molecule has 0 radical (unpaired) electrons. The summed E-state index contributed by atoms with van der Waals surface area (Å²) in [5.74, 6) is 0. The summed E-state index contributed by atoms with van der Waals surface area (Å²) in [7, 11) is 0. The Hall–Kier alpha value is -1.87. The van der Waals surface area contributed by atoms with E-state index in [9.17, 15) is 22.8 Å². The van der Waals surface area contributed by atoms with E-state index in [2.05, 4.69) is 5.16 Å². The lowest BCUT2D eigenvalue weighted by atomic mass is 9.85. The molecule has 4 nitrogen and oxygen atoms in total. The van der Waals surface area contributed by atoms with E-state index in [0.717, 1.165) is 12.1 Å². The molecule has 10 heteroatoms. The normalized spacial score (nSPS) is 24.0. The first kappa shape index (κ1) is 20.4. The van der Waals surface area contributed by atoms with Gasteiger partial charge in [0.1, 0.15) is 0 Å². The Kier molecular flexibility index (Phi) is 4.81. The van der Waals surface area contributed by atoms with Gasteiger partial charge in [-0.3, -0.25) is 0 Å². The second-order valence-electron chi connectivity index (χ2n) is 7.13. The Balaban J connectivity index is 1.63. The van der Waals surface area contributed by atoms with Gasteiger partial charge < -0.3 is 15.1 Å². The maximum Gasteiger partial charge on any atom is 0.435 e. The van der Waals surface area contributed by atoms with Gasteiger partial charge in [0.25, 0.3) is 5.60 Å². The number of alkyl halides is 4. The molecule has 1 atom stereocenters. The van der Waals surface area contributed by atoms with Crippen LogP contribution in [0.1, 0.15) is 23.1 Å². The highest BCUT2D eigenvalue weighted by atomic mass is 35.5. The third-order valence-electron chi connectivity index (χ3n) is 5.10. The van der Waals surface area contributed by atoms with E-state index in [4.69, 9.17) is 28.0 Å². The van der Waals surface area contributed by atoms with E-state index in [-0.39, 0.29) is 40.0 Å². The summed E-state index contributed by atoms with van der Waals surface area (Å²) in [6.07, 6.45) is -5.39. The summed E-state index contributed by atoms with van der Waals surface area (Å²) in [4.78, 5) is 4.94. The molecule has 2 aromatic rings. The summed E-state index contributed by atoms with van der Waals surface area (Å²) in [6, 6.07) is 9.40. The molecule has 0 spiro atoms. The molecular formula is C19H13Cl2F4N2O2-. The molecule has 4 rings (SSSR count). The van der Waals surface area contributed by atoms with E-state index in [1.807, 2.05) is 0 Å². The van der Waals surface area contributed by atoms with Crippen molar-refractivity contribution in [2.45, 2.75) is 23.9 Å². The number of nitrogens with zero attached hydrogens (tertiary/aromatic N) is 2. The van der Waals surface area contributed by atoms with E-state index < -0.39 is 23.9 Å². The lowest BCUT2D eigenvalue weighted by Gasteiger charge is -2.49. The van der Waals surface area contributed by atoms with Crippen molar-refractivity contribution in [1.82, 2.24) is 5.06 Å². The first-order chi connectivity index (χ1) is 13.5. The van der Waals surface area contributed by atoms with Gasteiger partial charge in [-0.2, -0.15) is 13.2 Å². The molecule has 1 fully saturated rings. The minimum Gasteiger partial charge on any atom is -0.785 e. The fourth-order valence-corrected chi connectivity index (χ4v) is 4.03. The molecule has 1 unspecified atom stereocenters. The zero-order valence-electron chi connectivity index (χ0n) is 14.6. The fraction of sp³-hybridized carbons (Fsp3) is 0.316. The van der Waals surface area contributed by atoms with Crippen LogP contribution in [0.2, 0.25) is 10.0 Å². The third-order valence-corrected chi connectivity index (χ3v) is 5.54. The van der Waals surface area contributed by atoms with Gasteiger partial charge in [-0.25, -0.2) is 4.39 Å². The van der Waals surface area contributed by atoms with Crippen molar-refractivity contribution in [2.75, 3.05) is 13.1 Å². The Morgan fingerprint density at radius 1 is 1.00 bits per heavy atom. The van der Waals surface area contributed by atoms with E-state index in [1.54, 1.807) is 0 Å². The molecule has 0 bridgehead atoms. The smallest absolute Gasteiger partial charge is 0.435 e. The van der Waals surface area contributed by atoms with E-state index >= 15 is 0 Å². The van der Waals surface area contributed by atoms with Crippen LogP contribution >= 0.6 is 23.2 Å². The molecule has 0 amide bonds. The number of hydrogen-bond acceptors (Lipinski definition) is 4. The third kappa shape index (κ3) is 3.48. The maximum atomic E-state index is 14.5. The Labute approximate surface area is 173 Å². The lowest BCUT2D eigenvalue weighted by Crippen LogP contribution is -2.53. The summed E-state index contributed by atoms with van der Waals surface area (Å²) in [6.45, 7) is -0.549. The first-order valence-corrected chi connectivity index (χ1v) is 9.28. The van der Waals surface area contributed by atoms with Gasteiger partial charge in [0, 0.05) is 35.1 Å². The number of rotatable bonds is 3. The van der Waals surface area contributed by atoms with Crippen molar-refractivity contribution < 1.29 is 22.4 Å². The molecule has 0 aromatic heterocycles. The highest BCUT2D eigenvalue weighted by Gasteiger charge is 2.62. The molecule has 154 valence electrons. The molecule has 1 saturated heterocycles. The quantitative estimate of drug-likeness (QED) is 0.579. The van der Waals surface area contributed by atoms with Crippen molar-refractivity contribution in [2.24, 2.45) is 5.16 Å². The summed E-state index contributed by atoms with van der Waals surface area (Å²) in [5, 5.41) is 15.4. The molecule has 2 aromatic carbocycles. The van der Waals surface area contributed by atoms with Crippen LogP contribution in [0.3, 0.4) is 0 Å². The second-order valence-corrected chi connectivity index (χ2v) is 8.00. The molecule has 2 aliphatic heterocycles. The van der Waals surface area contributed by atoms with Crippen molar-refractivity contribution in [3.8, 4) is 0 Å². The first-order valence-electron chi connectivity index (χ1n) is 8.53. The predicted molar refractivity (Wildman–Crippen MR) is 101 cm³/mol. The molecular weight excluding hydrogens is 435 g/mol. The van der Waals surface area contributed by atoms with Gasteiger partial charge >= 0.3 is 6.18 Å². The van der Waals surface area contributed by atoms with Crippen LogP contribution in [0.15, 0.2) is 47.6 Å². The number of hydroxylamine groups is 2. The fourth-order valence-electron chi connectivity index (χ4n) is 3.50. The monoisotopic (exact) mass is 447 g/mol. The van der Waals surface area contributed by atoms with Crippen LogP contribution in [0.25, 0.3) is 0 Å². The Morgan fingerprint density at radius 3 is 2.10 bits per heavy atom. The molecule has 2 aliphatic rings. The number of halogens is 6. The molecule has 0 N–H and O–H groups in total. The van der Waals surface area contributed by atoms with Gasteiger partial charge in [-0.1, -0.05) is 52.6 Å². The van der Waals surface area contributed by atoms with Crippen LogP contribution in [0, 0.1) is 5.21 Å². The van der Waals surface area contributed by atoms with Gasteiger partial charge in [-0.15, -0.1) is 0 Å². The minimum atomic E-state index is -4.79. The topological polar surface area (TPSA) is 47.9 Å². The van der Waals surface area contributed by atoms with Crippen molar-refractivity contribution in [3.05, 3.63) is 74.4 Å². The number of benzene rings is 2. The maximum absolute atomic E-state index is 14.5. The summed E-state index contributed by atoms with van der Waals surface area (Å²) >= 11 is 11.8. The minimum absolute atomic E-state index is 0.0405. The average Bonchev–Trinajstić information content (AvgIpc) is 3.06. The van der Waals surface area contributed by atoms with Gasteiger partial charge in [-0.05, 0) is 29.3 Å². The van der Waals surface area contributed by atoms with E-state index in [1.165, 1.54) is 30.3 Å². The van der Waals surface area contributed by atoms with Crippen molar-refractivity contribution >= 4 is 28.9 Å². The molecule has 29 heavy (non-hydrogen) atoms. The highest BCUT2D eigenvalue weighted by Crippen LogP contribution is 2.49. The lowest BCUT2D eigenvalue weighted by molar-refractivity contribution is -0.275. The molecule has 2 heterocycles. The number of oxime groups is 1. The highest BCUT2D eigenvalue weighted by molar-refractivity contribution is 6.34. The second kappa shape index (κ2) is 6.84. The summed E-state index contributed by atoms with van der Waals surface area (Å²) < 4.78 is 56.5. The van der Waals surface area contributed by atoms with Gasteiger partial charge in [0.15, 0.2) is 5.67 Å². The van der Waals surface area contributed by atoms with Crippen molar-refractivity contribution in [3.63, 3.8) is 0 Å². The zero-order chi connectivity index (χ0) is 21.0. The van der Waals surface area contributed by atoms with Gasteiger partial charge in [0.2, 0.25) is 0 Å². The largest absolute Gasteiger partial charge is 0.785 e. The zero-order valence-corrected chi connectivity index (χ0v) is 16.2. The van der Waals surface area contributed by atoms with Crippen molar-refractivity contribution in [1.29, 1.82) is 0 Å². The SMILES string of the molecule is [O-]N1CC(F)(c2ccc(C3=NOC(c4cc(Cl)cc(Cl)c4)(C(F)(F)F)C3)cc2)C1. The van der Waals surface area contributed by atoms with Crippen LogP contribution in [0.5, 0.6) is 0 Å². The summed E-state index contributed by atoms with van der Waals surface area (Å²) in [5.41, 5.74) is -4.04. The Morgan fingerprint density at radius 2 is 1.59 bits per heavy atom.